The molecule has 106 valence electrons. The van der Waals surface area contributed by atoms with E-state index in [2.05, 4.69) is 5.32 Å². The highest BCUT2D eigenvalue weighted by atomic mass is 35.5. The summed E-state index contributed by atoms with van der Waals surface area (Å²) in [5.41, 5.74) is 6.07. The first-order valence-electron chi connectivity index (χ1n) is 6.01. The quantitative estimate of drug-likeness (QED) is 0.899. The second-order valence-electron chi connectivity index (χ2n) is 4.69. The van der Waals surface area contributed by atoms with Gasteiger partial charge in [0, 0.05) is 23.2 Å². The van der Waals surface area contributed by atoms with Crippen molar-refractivity contribution in [2.75, 3.05) is 5.32 Å². The van der Waals surface area contributed by atoms with Crippen LogP contribution in [-0.4, -0.2) is 11.9 Å². The Morgan fingerprint density at radius 2 is 2.11 bits per heavy atom. The molecule has 0 aliphatic heterocycles. The zero-order valence-corrected chi connectivity index (χ0v) is 11.1. The van der Waals surface area contributed by atoms with E-state index in [1.165, 1.54) is 18.2 Å². The maximum atomic E-state index is 12.5. The van der Waals surface area contributed by atoms with E-state index in [1.807, 2.05) is 0 Å². The molecule has 2 rings (SSSR count). The number of hydrogen-bond donors (Lipinski definition) is 2. The number of nitrogens with one attached hydrogen (secondary N) is 1. The lowest BCUT2D eigenvalue weighted by molar-refractivity contribution is -0.119. The SMILES string of the molecule is Cl.NC1CCC(C(=O)Nc2cccc(C(F)F)c2)C1. The summed E-state index contributed by atoms with van der Waals surface area (Å²) >= 11 is 0. The maximum Gasteiger partial charge on any atom is 0.263 e. The van der Waals surface area contributed by atoms with E-state index >= 15 is 0 Å². The molecule has 0 aromatic heterocycles. The summed E-state index contributed by atoms with van der Waals surface area (Å²) in [5, 5.41) is 2.67. The fraction of sp³-hybridized carbons (Fsp3) is 0.462. The van der Waals surface area contributed by atoms with Gasteiger partial charge in [-0.3, -0.25) is 4.79 Å². The van der Waals surface area contributed by atoms with Crippen LogP contribution in [0.5, 0.6) is 0 Å². The van der Waals surface area contributed by atoms with Crippen molar-refractivity contribution in [1.82, 2.24) is 0 Å². The fourth-order valence-electron chi connectivity index (χ4n) is 2.25. The number of halogens is 3. The van der Waals surface area contributed by atoms with Crippen molar-refractivity contribution in [3.8, 4) is 0 Å². The van der Waals surface area contributed by atoms with Crippen molar-refractivity contribution >= 4 is 24.0 Å². The van der Waals surface area contributed by atoms with Gasteiger partial charge in [-0.2, -0.15) is 0 Å². The Labute approximate surface area is 117 Å². The van der Waals surface area contributed by atoms with Crippen molar-refractivity contribution in [2.24, 2.45) is 11.7 Å². The molecule has 3 N–H and O–H groups in total. The second kappa shape index (κ2) is 6.82. The van der Waals surface area contributed by atoms with Gasteiger partial charge < -0.3 is 11.1 Å². The van der Waals surface area contributed by atoms with Crippen LogP contribution < -0.4 is 11.1 Å². The summed E-state index contributed by atoms with van der Waals surface area (Å²) in [5.74, 6) is -0.232. The van der Waals surface area contributed by atoms with Crippen LogP contribution in [0.4, 0.5) is 14.5 Å². The van der Waals surface area contributed by atoms with E-state index in [0.29, 0.717) is 12.1 Å². The molecular weight excluding hydrogens is 274 g/mol. The van der Waals surface area contributed by atoms with Crippen molar-refractivity contribution in [3.63, 3.8) is 0 Å². The molecule has 6 heteroatoms. The van der Waals surface area contributed by atoms with Crippen LogP contribution in [0.15, 0.2) is 24.3 Å². The highest BCUT2D eigenvalue weighted by Crippen LogP contribution is 2.26. The molecule has 1 saturated carbocycles. The minimum Gasteiger partial charge on any atom is -0.328 e. The Bertz CT molecular complexity index is 442. The van der Waals surface area contributed by atoms with E-state index in [-0.39, 0.29) is 35.8 Å². The molecule has 3 nitrogen and oxygen atoms in total. The van der Waals surface area contributed by atoms with Gasteiger partial charge in [0.2, 0.25) is 5.91 Å². The highest BCUT2D eigenvalue weighted by molar-refractivity contribution is 5.92. The zero-order chi connectivity index (χ0) is 13.1. The van der Waals surface area contributed by atoms with Crippen molar-refractivity contribution < 1.29 is 13.6 Å². The highest BCUT2D eigenvalue weighted by Gasteiger charge is 2.27. The Morgan fingerprint density at radius 3 is 2.68 bits per heavy atom. The number of rotatable bonds is 3. The first kappa shape index (κ1) is 15.9. The molecule has 2 unspecified atom stereocenters. The van der Waals surface area contributed by atoms with Crippen LogP contribution in [0.25, 0.3) is 0 Å². The molecule has 1 amide bonds. The van der Waals surface area contributed by atoms with Gasteiger partial charge in [0.05, 0.1) is 0 Å². The Balaban J connectivity index is 0.00000180. The number of carbonyl (C=O) groups excluding carboxylic acids is 1. The van der Waals surface area contributed by atoms with Crippen LogP contribution >= 0.6 is 12.4 Å². The average Bonchev–Trinajstić information content (AvgIpc) is 2.76. The van der Waals surface area contributed by atoms with Crippen LogP contribution in [0, 0.1) is 5.92 Å². The van der Waals surface area contributed by atoms with Gasteiger partial charge in [0.15, 0.2) is 0 Å². The number of alkyl halides is 2. The molecule has 0 radical (unpaired) electrons. The van der Waals surface area contributed by atoms with E-state index in [9.17, 15) is 13.6 Å². The van der Waals surface area contributed by atoms with Crippen LogP contribution in [0.1, 0.15) is 31.3 Å². The monoisotopic (exact) mass is 290 g/mol. The topological polar surface area (TPSA) is 55.1 Å². The third-order valence-electron chi connectivity index (χ3n) is 3.25. The van der Waals surface area contributed by atoms with Gasteiger partial charge in [-0.05, 0) is 31.4 Å². The lowest BCUT2D eigenvalue weighted by atomic mass is 10.1. The van der Waals surface area contributed by atoms with Crippen LogP contribution in [0.2, 0.25) is 0 Å². The molecule has 1 aliphatic carbocycles. The molecule has 0 spiro atoms. The van der Waals surface area contributed by atoms with Crippen molar-refractivity contribution in [2.45, 2.75) is 31.7 Å². The number of carbonyl (C=O) groups is 1. The molecule has 2 atom stereocenters. The fourth-order valence-corrected chi connectivity index (χ4v) is 2.25. The second-order valence-corrected chi connectivity index (χ2v) is 4.69. The molecule has 1 fully saturated rings. The predicted molar refractivity (Wildman–Crippen MR) is 72.6 cm³/mol. The Kier molecular flexibility index (Phi) is 5.69. The Morgan fingerprint density at radius 1 is 1.37 bits per heavy atom. The van der Waals surface area contributed by atoms with Crippen molar-refractivity contribution in [1.29, 1.82) is 0 Å². The van der Waals surface area contributed by atoms with E-state index < -0.39 is 6.43 Å². The van der Waals surface area contributed by atoms with Gasteiger partial charge in [-0.15, -0.1) is 12.4 Å². The maximum absolute atomic E-state index is 12.5. The molecule has 0 heterocycles. The lowest BCUT2D eigenvalue weighted by Crippen LogP contribution is -2.23. The number of anilines is 1. The molecule has 19 heavy (non-hydrogen) atoms. The zero-order valence-electron chi connectivity index (χ0n) is 10.3. The third kappa shape index (κ3) is 4.14. The molecule has 0 bridgehead atoms. The normalized spacial score (nSPS) is 22.1. The van der Waals surface area contributed by atoms with Crippen molar-refractivity contribution in [3.05, 3.63) is 29.8 Å². The largest absolute Gasteiger partial charge is 0.328 e. The van der Waals surface area contributed by atoms with Gasteiger partial charge in [0.1, 0.15) is 0 Å². The molecule has 1 aliphatic rings. The van der Waals surface area contributed by atoms with E-state index in [1.54, 1.807) is 6.07 Å². The number of amides is 1. The summed E-state index contributed by atoms with van der Waals surface area (Å²) < 4.78 is 25.0. The molecule has 1 aromatic carbocycles. The van der Waals surface area contributed by atoms with Gasteiger partial charge in [-0.25, -0.2) is 8.78 Å². The number of benzene rings is 1. The van der Waals surface area contributed by atoms with E-state index in [0.717, 1.165) is 12.8 Å². The molecule has 0 saturated heterocycles. The van der Waals surface area contributed by atoms with Gasteiger partial charge in [0.25, 0.3) is 6.43 Å². The lowest BCUT2D eigenvalue weighted by Gasteiger charge is -2.11. The number of nitrogens with two attached hydrogens (primary N) is 1. The minimum absolute atomic E-state index is 0. The molecular formula is C13H17ClF2N2O. The summed E-state index contributed by atoms with van der Waals surface area (Å²) in [6, 6.07) is 5.84. The first-order chi connectivity index (χ1) is 8.56. The minimum atomic E-state index is -2.53. The first-order valence-corrected chi connectivity index (χ1v) is 6.01. The molecule has 1 aromatic rings. The summed E-state index contributed by atoms with van der Waals surface area (Å²) in [6.45, 7) is 0. The summed E-state index contributed by atoms with van der Waals surface area (Å²) in [4.78, 5) is 11.9. The summed E-state index contributed by atoms with van der Waals surface area (Å²) in [7, 11) is 0. The average molecular weight is 291 g/mol. The van der Waals surface area contributed by atoms with Crippen LogP contribution in [0.3, 0.4) is 0 Å². The van der Waals surface area contributed by atoms with Crippen LogP contribution in [-0.2, 0) is 4.79 Å². The van der Waals surface area contributed by atoms with Gasteiger partial charge in [-0.1, -0.05) is 12.1 Å². The predicted octanol–water partition coefficient (Wildman–Crippen LogP) is 3.11. The number of hydrogen-bond acceptors (Lipinski definition) is 2. The third-order valence-corrected chi connectivity index (χ3v) is 3.25. The summed E-state index contributed by atoms with van der Waals surface area (Å²) in [6.07, 6.45) is -0.251. The standard InChI is InChI=1S/C13H16F2N2O.ClH/c14-12(15)8-2-1-3-11(7-8)17-13(18)9-4-5-10(16)6-9;/h1-3,7,9-10,12H,4-6,16H2,(H,17,18);1H. The Hall–Kier alpha value is -1.20. The van der Waals surface area contributed by atoms with Gasteiger partial charge >= 0.3 is 0 Å². The van der Waals surface area contributed by atoms with E-state index in [4.69, 9.17) is 5.73 Å². The smallest absolute Gasteiger partial charge is 0.263 e.